The van der Waals surface area contributed by atoms with Crippen molar-refractivity contribution in [2.24, 2.45) is 0 Å². The highest BCUT2D eigenvalue weighted by Gasteiger charge is 2.60. The van der Waals surface area contributed by atoms with Crippen molar-refractivity contribution < 1.29 is 8.83 Å². The van der Waals surface area contributed by atoms with Crippen LogP contribution in [0.15, 0.2) is 215 Å². The molecule has 0 unspecified atom stereocenters. The maximum absolute atomic E-state index is 6.83. The second kappa shape index (κ2) is 17.9. The predicted octanol–water partition coefficient (Wildman–Crippen LogP) is 22.2. The molecule has 0 bridgehead atoms. The van der Waals surface area contributed by atoms with Crippen LogP contribution in [-0.2, 0) is 4.66 Å². The van der Waals surface area contributed by atoms with Gasteiger partial charge < -0.3 is 18.6 Å². The minimum absolute atomic E-state index is 0.173. The van der Waals surface area contributed by atoms with E-state index in [1.54, 1.807) is 0 Å². The number of hydrogen-bond donors (Lipinski definition) is 0. The highest BCUT2D eigenvalue weighted by Crippen LogP contribution is 2.63. The summed E-state index contributed by atoms with van der Waals surface area (Å²) < 4.78 is 13.4. The van der Waals surface area contributed by atoms with E-state index in [-0.39, 0.29) is 4.66 Å². The monoisotopic (exact) mass is 1060 g/mol. The predicted molar refractivity (Wildman–Crippen MR) is 344 cm³/mol. The molecule has 14 rings (SSSR count). The Morgan fingerprint density at radius 1 is 0.354 bits per heavy atom. The summed E-state index contributed by atoms with van der Waals surface area (Å²) in [5.74, 6) is 0.844. The number of benzene rings is 11. The van der Waals surface area contributed by atoms with Crippen molar-refractivity contribution in [1.82, 2.24) is 0 Å². The average Bonchev–Trinajstić information content (AvgIpc) is 2.38. The Morgan fingerprint density at radius 2 is 0.797 bits per heavy atom. The molecule has 1 aliphatic carbocycles. The molecule has 0 saturated heterocycles. The topological polar surface area (TPSA) is 32.8 Å². The van der Waals surface area contributed by atoms with E-state index in [0.717, 1.165) is 78.0 Å². The van der Waals surface area contributed by atoms with E-state index >= 15 is 0 Å². The van der Waals surface area contributed by atoms with Crippen LogP contribution in [0.5, 0.6) is 0 Å². The van der Waals surface area contributed by atoms with Gasteiger partial charge in [0.05, 0.1) is 27.5 Å². The Kier molecular flexibility index (Phi) is 11.2. The fourth-order valence-corrected chi connectivity index (χ4v) is 27.6. The maximum atomic E-state index is 6.83. The summed E-state index contributed by atoms with van der Waals surface area (Å²) in [6, 6.07) is 77.2. The molecule has 0 atom stereocenters. The van der Waals surface area contributed by atoms with Crippen LogP contribution in [0.2, 0.25) is 39.3 Å². The second-order valence-corrected chi connectivity index (χ2v) is 35.8. The molecule has 2 heterocycles. The number of anilines is 6. The molecule has 11 aromatic carbocycles. The molecule has 1 aliphatic rings. The van der Waals surface area contributed by atoms with Gasteiger partial charge in [0.1, 0.15) is 11.2 Å². The molecule has 0 amide bonds. The number of furan rings is 2. The highest BCUT2D eigenvalue weighted by molar-refractivity contribution is 7.00. The summed E-state index contributed by atoms with van der Waals surface area (Å²) in [5.41, 5.74) is 18.5. The van der Waals surface area contributed by atoms with Gasteiger partial charge in [0.25, 0.3) is 0 Å². The van der Waals surface area contributed by atoms with Gasteiger partial charge in [-0.2, -0.15) is 0 Å². The van der Waals surface area contributed by atoms with Gasteiger partial charge in [-0.05, 0) is 150 Å². The first-order valence-electron chi connectivity index (χ1n) is 28.3. The Bertz CT molecular complexity index is 4570. The molecule has 0 fully saturated rings. The number of fused-ring (bicyclic) bond motifs is 16. The molecule has 0 N–H and O–H groups in total. The first kappa shape index (κ1) is 49.2. The number of rotatable bonds is 10. The van der Waals surface area contributed by atoms with Crippen molar-refractivity contribution in [2.45, 2.75) is 83.5 Å². The first-order valence-corrected chi connectivity index (χ1v) is 35.3. The van der Waals surface area contributed by atoms with Gasteiger partial charge in [0.2, 0.25) is 0 Å². The van der Waals surface area contributed by atoms with Crippen molar-refractivity contribution >= 4 is 126 Å². The lowest BCUT2D eigenvalue weighted by molar-refractivity contribution is 0.668. The van der Waals surface area contributed by atoms with Gasteiger partial charge >= 0.3 is 0 Å². The lowest BCUT2D eigenvalue weighted by Crippen LogP contribution is -2.63. The summed E-state index contributed by atoms with van der Waals surface area (Å²) in [7, 11) is -4.45. The van der Waals surface area contributed by atoms with Gasteiger partial charge in [-0.3, -0.25) is 0 Å². The summed E-state index contributed by atoms with van der Waals surface area (Å²) in [6.45, 7) is 25.0. The lowest BCUT2D eigenvalue weighted by Gasteiger charge is -2.52. The van der Waals surface area contributed by atoms with Crippen molar-refractivity contribution in [3.05, 3.63) is 229 Å². The minimum Gasteiger partial charge on any atom is -0.454 e. The zero-order valence-electron chi connectivity index (χ0n) is 47.0. The third-order valence-electron chi connectivity index (χ3n) is 17.7. The normalized spacial score (nSPS) is 13.5. The van der Waals surface area contributed by atoms with Crippen LogP contribution < -0.4 is 9.80 Å². The van der Waals surface area contributed by atoms with Crippen LogP contribution in [0.25, 0.3) is 87.3 Å². The van der Waals surface area contributed by atoms with Crippen LogP contribution in [0.1, 0.15) is 61.8 Å². The van der Waals surface area contributed by atoms with E-state index in [2.05, 4.69) is 283 Å². The molecule has 0 aliphatic heterocycles. The van der Waals surface area contributed by atoms with Gasteiger partial charge in [-0.1, -0.05) is 200 Å². The standard InChI is InChI=1S/C73H66N2O2Si2/c1-45(2)47-29-34-50(35-30-47)74(64-25-17-23-60-56-20-13-15-27-66(56)76-71(60)64)52-38-41-54-49(43-52)33-40-62-68-58-22-12-11-19-55(58)63-44-53(39-42-59(63)70(68)73(69(54)62,78(5,6)7)79(8,9)10)75(51-36-31-48(32-37-51)46(3)4)65-26-18-24-61-57-21-14-16-28-67(57)77-72(61)65/h11-46H,1-10H3. The van der Waals surface area contributed by atoms with Gasteiger partial charge in [-0.15, -0.1) is 0 Å². The van der Waals surface area contributed by atoms with Gasteiger partial charge in [0, 0.05) is 49.0 Å². The van der Waals surface area contributed by atoms with Gasteiger partial charge in [-0.25, -0.2) is 0 Å². The Balaban J connectivity index is 1.01. The Hall–Kier alpha value is -8.17. The third kappa shape index (κ3) is 7.30. The molecule has 13 aromatic rings. The van der Waals surface area contributed by atoms with Crippen LogP contribution in [0.3, 0.4) is 0 Å². The van der Waals surface area contributed by atoms with E-state index in [4.69, 9.17) is 8.83 Å². The van der Waals surface area contributed by atoms with E-state index in [9.17, 15) is 0 Å². The third-order valence-corrected chi connectivity index (χ3v) is 27.7. The van der Waals surface area contributed by atoms with Crippen molar-refractivity contribution in [3.8, 4) is 11.1 Å². The SMILES string of the molecule is CC(C)c1ccc(N(c2ccc3c4c(ccc3c2)-c2c(c3ccc(N(c5ccc(C(C)C)cc5)c5cccc6c5oc5ccccc56)cc3c3ccccc23)C4([Si](C)(C)C)[Si](C)(C)C)c2cccc3c2oc2ccccc23)cc1. The number of para-hydroxylation sites is 4. The van der Waals surface area contributed by atoms with Crippen molar-refractivity contribution in [3.63, 3.8) is 0 Å². The zero-order valence-corrected chi connectivity index (χ0v) is 49.0. The van der Waals surface area contributed by atoms with Gasteiger partial charge in [0.15, 0.2) is 11.2 Å². The lowest BCUT2D eigenvalue weighted by atomic mass is 9.91. The smallest absolute Gasteiger partial charge is 0.159 e. The minimum atomic E-state index is -2.22. The Labute approximate surface area is 465 Å². The highest BCUT2D eigenvalue weighted by atomic mass is 28.4. The molecule has 0 radical (unpaired) electrons. The van der Waals surface area contributed by atoms with Crippen LogP contribution in [0, 0.1) is 0 Å². The summed E-state index contributed by atoms with van der Waals surface area (Å²) in [4.78, 5) is 4.84. The number of nitrogens with zero attached hydrogens (tertiary/aromatic N) is 2. The van der Waals surface area contributed by atoms with E-state index in [1.165, 1.54) is 65.7 Å². The average molecular weight is 1060 g/mol. The Morgan fingerprint density at radius 3 is 1.30 bits per heavy atom. The van der Waals surface area contributed by atoms with E-state index < -0.39 is 16.1 Å². The quantitative estimate of drug-likeness (QED) is 0.101. The van der Waals surface area contributed by atoms with E-state index in [1.807, 2.05) is 0 Å². The van der Waals surface area contributed by atoms with Crippen LogP contribution in [0.4, 0.5) is 34.1 Å². The summed E-state index contributed by atoms with van der Waals surface area (Å²) >= 11 is 0. The van der Waals surface area contributed by atoms with Crippen molar-refractivity contribution in [2.75, 3.05) is 9.80 Å². The van der Waals surface area contributed by atoms with E-state index in [0.29, 0.717) is 11.8 Å². The molecule has 4 nitrogen and oxygen atoms in total. The fraction of sp³-hybridized carbons (Fsp3) is 0.178. The fourth-order valence-electron chi connectivity index (χ4n) is 14.5. The zero-order chi connectivity index (χ0) is 54.3. The molecule has 0 saturated carbocycles. The maximum Gasteiger partial charge on any atom is 0.159 e. The second-order valence-electron chi connectivity index (χ2n) is 24.8. The molecule has 6 heteroatoms. The summed E-state index contributed by atoms with van der Waals surface area (Å²) in [5, 5.41) is 12.3. The molecule has 388 valence electrons. The molecule has 2 aromatic heterocycles. The molecular weight excluding hydrogens is 993 g/mol. The number of hydrogen-bond acceptors (Lipinski definition) is 4. The molecule has 79 heavy (non-hydrogen) atoms. The van der Waals surface area contributed by atoms with Crippen LogP contribution in [-0.4, -0.2) is 16.1 Å². The first-order chi connectivity index (χ1) is 38.1. The molecular formula is C73H66N2O2Si2. The van der Waals surface area contributed by atoms with Crippen LogP contribution >= 0.6 is 0 Å². The largest absolute Gasteiger partial charge is 0.454 e. The summed E-state index contributed by atoms with van der Waals surface area (Å²) in [6.07, 6.45) is 0. The van der Waals surface area contributed by atoms with Crippen molar-refractivity contribution in [1.29, 1.82) is 0 Å². The molecule has 0 spiro atoms.